The molecule has 0 bridgehead atoms. The summed E-state index contributed by atoms with van der Waals surface area (Å²) < 4.78 is 25.7. The molecule has 2 rings (SSSR count). The van der Waals surface area contributed by atoms with Crippen LogP contribution in [-0.4, -0.2) is 31.5 Å². The van der Waals surface area contributed by atoms with Crippen molar-refractivity contribution >= 4 is 23.8 Å². The zero-order chi connectivity index (χ0) is 24.5. The van der Waals surface area contributed by atoms with Crippen molar-refractivity contribution in [3.8, 4) is 0 Å². The summed E-state index contributed by atoms with van der Waals surface area (Å²) in [6, 6.07) is 12.5. The van der Waals surface area contributed by atoms with E-state index in [1.165, 1.54) is 0 Å². The molecule has 3 atom stereocenters. The first-order chi connectivity index (χ1) is 15.8. The molecule has 0 saturated carbocycles. The van der Waals surface area contributed by atoms with Crippen LogP contribution in [0.15, 0.2) is 62.7 Å². The van der Waals surface area contributed by atoms with Crippen LogP contribution < -0.4 is 0 Å². The number of rotatable bonds is 8. The van der Waals surface area contributed by atoms with Gasteiger partial charge in [-0.1, -0.05) is 71.0 Å². The Hall–Kier alpha value is -1.50. The zero-order valence-electron chi connectivity index (χ0n) is 21.4. The standard InChI is InChI=1S/C27H43NO3SSi/c1-7-33(8-2,9-3)31-26-20-16-11-10-15-19-25(29)27(21-24(26)22(4)5)32(30,28-6)23-17-13-12-14-18-23/h10-14,17-18,21-22,24,26H,7-9,15-16,19-20H2,1-6H3/b11-10-,27-21-/t24-,26-,32?/m0/s1. The molecular formula is C27H43NO3SSi. The lowest BCUT2D eigenvalue weighted by Gasteiger charge is -2.38. The molecule has 0 aliphatic heterocycles. The molecule has 4 nitrogen and oxygen atoms in total. The molecule has 1 aromatic rings. The van der Waals surface area contributed by atoms with Crippen LogP contribution in [0.3, 0.4) is 0 Å². The van der Waals surface area contributed by atoms with Crippen LogP contribution in [0.4, 0.5) is 0 Å². The monoisotopic (exact) mass is 489 g/mol. The second-order valence-electron chi connectivity index (χ2n) is 9.28. The summed E-state index contributed by atoms with van der Waals surface area (Å²) in [5.41, 5.74) is 0. The minimum Gasteiger partial charge on any atom is -0.413 e. The highest BCUT2D eigenvalue weighted by molar-refractivity contribution is 7.98. The van der Waals surface area contributed by atoms with Crippen LogP contribution in [0.1, 0.15) is 60.3 Å². The third kappa shape index (κ3) is 6.77. The Balaban J connectivity index is 2.69. The Labute approximate surface area is 203 Å². The summed E-state index contributed by atoms with van der Waals surface area (Å²) in [5.74, 6) is 0.171. The molecule has 0 radical (unpaired) electrons. The Bertz CT molecular complexity index is 933. The molecule has 0 heterocycles. The third-order valence-electron chi connectivity index (χ3n) is 7.09. The third-order valence-corrected chi connectivity index (χ3v) is 14.1. The number of benzene rings is 1. The highest BCUT2D eigenvalue weighted by atomic mass is 32.2. The first-order valence-corrected chi connectivity index (χ1v) is 16.6. The lowest BCUT2D eigenvalue weighted by molar-refractivity contribution is -0.114. The summed E-state index contributed by atoms with van der Waals surface area (Å²) in [7, 11) is -3.32. The predicted molar refractivity (Wildman–Crippen MR) is 142 cm³/mol. The van der Waals surface area contributed by atoms with Crippen molar-refractivity contribution in [3.05, 3.63) is 53.5 Å². The molecule has 33 heavy (non-hydrogen) atoms. The summed E-state index contributed by atoms with van der Waals surface area (Å²) in [5, 5.41) is 0. The van der Waals surface area contributed by atoms with Crippen LogP contribution >= 0.6 is 0 Å². The Morgan fingerprint density at radius 2 is 1.67 bits per heavy atom. The van der Waals surface area contributed by atoms with Crippen molar-refractivity contribution in [3.63, 3.8) is 0 Å². The molecule has 1 aliphatic carbocycles. The molecule has 184 valence electrons. The Kier molecular flexibility index (Phi) is 10.8. The van der Waals surface area contributed by atoms with Crippen molar-refractivity contribution in [1.29, 1.82) is 0 Å². The van der Waals surface area contributed by atoms with Gasteiger partial charge in [-0.25, -0.2) is 8.57 Å². The van der Waals surface area contributed by atoms with Crippen molar-refractivity contribution in [2.75, 3.05) is 7.05 Å². The second kappa shape index (κ2) is 12.8. The summed E-state index contributed by atoms with van der Waals surface area (Å²) >= 11 is 0. The lowest BCUT2D eigenvalue weighted by atomic mass is 9.87. The maximum atomic E-state index is 14.3. The summed E-state index contributed by atoms with van der Waals surface area (Å²) in [6.07, 6.45) is 9.08. The average Bonchev–Trinajstić information content (AvgIpc) is 2.87. The van der Waals surface area contributed by atoms with E-state index in [2.05, 4.69) is 51.1 Å². The number of hydrogen-bond acceptors (Lipinski definition) is 4. The molecule has 1 aliphatic rings. The van der Waals surface area contributed by atoms with E-state index in [-0.39, 0.29) is 23.7 Å². The van der Waals surface area contributed by atoms with Gasteiger partial charge < -0.3 is 4.43 Å². The van der Waals surface area contributed by atoms with Crippen LogP contribution in [0.2, 0.25) is 18.1 Å². The van der Waals surface area contributed by atoms with Crippen molar-refractivity contribution in [1.82, 2.24) is 0 Å². The van der Waals surface area contributed by atoms with Gasteiger partial charge in [0, 0.05) is 19.4 Å². The van der Waals surface area contributed by atoms with E-state index in [0.717, 1.165) is 31.0 Å². The van der Waals surface area contributed by atoms with E-state index in [4.69, 9.17) is 4.43 Å². The van der Waals surface area contributed by atoms with Crippen LogP contribution in [0, 0.1) is 11.8 Å². The molecule has 0 N–H and O–H groups in total. The largest absolute Gasteiger partial charge is 0.413 e. The molecule has 1 unspecified atom stereocenters. The van der Waals surface area contributed by atoms with Gasteiger partial charge in [0.05, 0.1) is 15.9 Å². The molecule has 0 spiro atoms. The van der Waals surface area contributed by atoms with Gasteiger partial charge in [-0.15, -0.1) is 0 Å². The number of carbonyl (C=O) groups is 1. The number of hydrogen-bond donors (Lipinski definition) is 0. The van der Waals surface area contributed by atoms with Gasteiger partial charge in [-0.2, -0.15) is 0 Å². The van der Waals surface area contributed by atoms with Crippen LogP contribution in [0.25, 0.3) is 0 Å². The quantitative estimate of drug-likeness (QED) is 0.282. The fourth-order valence-corrected chi connectivity index (χ4v) is 9.52. The minimum absolute atomic E-state index is 0.00153. The van der Waals surface area contributed by atoms with E-state index < -0.39 is 18.0 Å². The first kappa shape index (κ1) is 27.7. The zero-order valence-corrected chi connectivity index (χ0v) is 23.2. The van der Waals surface area contributed by atoms with E-state index in [0.29, 0.717) is 22.6 Å². The number of allylic oxidation sites excluding steroid dienone is 3. The topological polar surface area (TPSA) is 55.7 Å². The number of carbonyl (C=O) groups excluding carboxylic acids is 1. The van der Waals surface area contributed by atoms with Gasteiger partial charge in [0.1, 0.15) is 9.73 Å². The Morgan fingerprint density at radius 3 is 2.21 bits per heavy atom. The fraction of sp³-hybridized carbons (Fsp3) is 0.593. The highest BCUT2D eigenvalue weighted by Gasteiger charge is 2.36. The summed E-state index contributed by atoms with van der Waals surface area (Å²) in [6.45, 7) is 11.1. The molecule has 0 amide bonds. The summed E-state index contributed by atoms with van der Waals surface area (Å²) in [4.78, 5) is 14.4. The average molecular weight is 490 g/mol. The number of Topliss-reactive ketones (excluding diaryl/α,β-unsaturated/α-hetero) is 1. The maximum Gasteiger partial charge on any atom is 0.192 e. The fourth-order valence-electron chi connectivity index (χ4n) is 4.66. The van der Waals surface area contributed by atoms with E-state index in [9.17, 15) is 9.00 Å². The van der Waals surface area contributed by atoms with Gasteiger partial charge >= 0.3 is 0 Å². The van der Waals surface area contributed by atoms with E-state index in [1.807, 2.05) is 36.4 Å². The normalized spacial score (nSPS) is 24.9. The first-order valence-electron chi connectivity index (χ1n) is 12.5. The van der Waals surface area contributed by atoms with Gasteiger partial charge in [0.15, 0.2) is 14.1 Å². The van der Waals surface area contributed by atoms with Gasteiger partial charge in [0.25, 0.3) is 0 Å². The van der Waals surface area contributed by atoms with Gasteiger partial charge in [0.2, 0.25) is 0 Å². The molecular weight excluding hydrogens is 446 g/mol. The molecule has 0 aromatic heterocycles. The van der Waals surface area contributed by atoms with E-state index >= 15 is 0 Å². The van der Waals surface area contributed by atoms with Crippen molar-refractivity contribution < 1.29 is 13.4 Å². The molecule has 0 fully saturated rings. The van der Waals surface area contributed by atoms with Crippen molar-refractivity contribution in [2.45, 2.75) is 89.4 Å². The number of ketones is 1. The van der Waals surface area contributed by atoms with E-state index in [1.54, 1.807) is 7.05 Å². The highest BCUT2D eigenvalue weighted by Crippen LogP contribution is 2.34. The molecule has 0 saturated heterocycles. The number of nitrogens with zero attached hydrogens (tertiary/aromatic N) is 1. The molecule has 6 heteroatoms. The SMILES string of the molecule is CC[Si](CC)(CC)O[C@H]1CC/C=C\CCC(=O)/C(S(=O)(=NC)c2ccccc2)=C/[C@H]1C(C)C. The lowest BCUT2D eigenvalue weighted by Crippen LogP contribution is -2.43. The molecule has 1 aromatic carbocycles. The van der Waals surface area contributed by atoms with Crippen LogP contribution in [0.5, 0.6) is 0 Å². The van der Waals surface area contributed by atoms with Crippen molar-refractivity contribution in [2.24, 2.45) is 16.2 Å². The Morgan fingerprint density at radius 1 is 1.06 bits per heavy atom. The second-order valence-corrected chi connectivity index (χ2v) is 16.3. The van der Waals surface area contributed by atoms with Gasteiger partial charge in [-0.3, -0.25) is 4.79 Å². The van der Waals surface area contributed by atoms with Crippen LogP contribution in [-0.2, 0) is 18.9 Å². The predicted octanol–water partition coefficient (Wildman–Crippen LogP) is 7.39. The maximum absolute atomic E-state index is 14.3. The smallest absolute Gasteiger partial charge is 0.192 e. The van der Waals surface area contributed by atoms with Gasteiger partial charge in [-0.05, 0) is 55.4 Å². The minimum atomic E-state index is -3.02.